The Bertz CT molecular complexity index is 589. The van der Waals surface area contributed by atoms with Gasteiger partial charge < -0.3 is 15.5 Å². The molecule has 0 aromatic heterocycles. The van der Waals surface area contributed by atoms with Crippen LogP contribution < -0.4 is 10.6 Å². The first kappa shape index (κ1) is 24.1. The van der Waals surface area contributed by atoms with Gasteiger partial charge in [0.05, 0.1) is 0 Å². The number of hydrogen-bond donors (Lipinski definition) is 2. The molecule has 152 valence electrons. The number of rotatable bonds is 8. The quantitative estimate of drug-likeness (QED) is 0.247. The Kier molecular flexibility index (Phi) is 11.1. The summed E-state index contributed by atoms with van der Waals surface area (Å²) in [7, 11) is 3.52. The molecule has 0 bridgehead atoms. The molecule has 0 heterocycles. The number of carbonyl (C=O) groups is 1. The van der Waals surface area contributed by atoms with E-state index in [1.807, 2.05) is 0 Å². The number of thioether (sulfide) groups is 1. The van der Waals surface area contributed by atoms with Gasteiger partial charge in [-0.1, -0.05) is 43.2 Å². The molecule has 0 unspecified atom stereocenters. The van der Waals surface area contributed by atoms with Gasteiger partial charge in [-0.05, 0) is 24.7 Å². The number of nitrogens with one attached hydrogen (secondary N) is 2. The van der Waals surface area contributed by atoms with Crippen molar-refractivity contribution in [1.29, 1.82) is 0 Å². The standard InChI is InChI=1S/C20H32N4OS.HI/c1-24(2)18(25)15-22-19(21-13-14-26-3)23-16-20(11-7-8-12-20)17-9-5-4-6-10-17;/h4-6,9-10H,7-8,11-16H2,1-3H3,(H2,21,22,23);1H. The number of benzene rings is 1. The molecule has 0 spiro atoms. The van der Waals surface area contributed by atoms with Crippen molar-refractivity contribution in [3.8, 4) is 0 Å². The zero-order valence-corrected chi connectivity index (χ0v) is 19.8. The highest BCUT2D eigenvalue weighted by Crippen LogP contribution is 2.40. The fourth-order valence-corrected chi connectivity index (χ4v) is 3.70. The zero-order valence-electron chi connectivity index (χ0n) is 16.7. The Morgan fingerprint density at radius 3 is 2.44 bits per heavy atom. The van der Waals surface area contributed by atoms with Crippen LogP contribution in [0.5, 0.6) is 0 Å². The van der Waals surface area contributed by atoms with E-state index in [1.54, 1.807) is 30.8 Å². The minimum absolute atomic E-state index is 0. The van der Waals surface area contributed by atoms with Gasteiger partial charge in [-0.3, -0.25) is 4.79 Å². The Labute approximate surface area is 185 Å². The SMILES string of the molecule is CSCCNC(=NCC(=O)N(C)C)NCC1(c2ccccc2)CCCC1.I. The Balaban J connectivity index is 0.00000364. The van der Waals surface area contributed by atoms with Crippen molar-refractivity contribution in [3.63, 3.8) is 0 Å². The van der Waals surface area contributed by atoms with Crippen molar-refractivity contribution >= 4 is 47.6 Å². The van der Waals surface area contributed by atoms with Crippen LogP contribution in [0.3, 0.4) is 0 Å². The lowest BCUT2D eigenvalue weighted by Gasteiger charge is -2.31. The van der Waals surface area contributed by atoms with E-state index < -0.39 is 0 Å². The maximum absolute atomic E-state index is 11.9. The average molecular weight is 504 g/mol. The average Bonchev–Trinajstić information content (AvgIpc) is 3.14. The number of amides is 1. The highest BCUT2D eigenvalue weighted by molar-refractivity contribution is 14.0. The van der Waals surface area contributed by atoms with E-state index in [4.69, 9.17) is 0 Å². The van der Waals surface area contributed by atoms with Crippen molar-refractivity contribution in [2.24, 2.45) is 4.99 Å². The normalized spacial score (nSPS) is 15.7. The number of halogens is 1. The van der Waals surface area contributed by atoms with Crippen LogP contribution >= 0.6 is 35.7 Å². The van der Waals surface area contributed by atoms with Gasteiger partial charge in [-0.25, -0.2) is 4.99 Å². The van der Waals surface area contributed by atoms with E-state index in [-0.39, 0.29) is 41.8 Å². The van der Waals surface area contributed by atoms with Crippen LogP contribution in [0.25, 0.3) is 0 Å². The topological polar surface area (TPSA) is 56.7 Å². The maximum atomic E-state index is 11.9. The van der Waals surface area contributed by atoms with Crippen molar-refractivity contribution < 1.29 is 4.79 Å². The molecule has 27 heavy (non-hydrogen) atoms. The summed E-state index contributed by atoms with van der Waals surface area (Å²) in [6, 6.07) is 10.8. The minimum atomic E-state index is 0. The third kappa shape index (κ3) is 7.52. The molecule has 0 atom stereocenters. The molecule has 0 radical (unpaired) electrons. The third-order valence-corrected chi connectivity index (χ3v) is 5.62. The van der Waals surface area contributed by atoms with E-state index in [0.717, 1.165) is 24.8 Å². The third-order valence-electron chi connectivity index (χ3n) is 5.01. The first-order chi connectivity index (χ1) is 12.6. The molecule has 2 N–H and O–H groups in total. The smallest absolute Gasteiger partial charge is 0.243 e. The lowest BCUT2D eigenvalue weighted by molar-refractivity contribution is -0.127. The predicted octanol–water partition coefficient (Wildman–Crippen LogP) is 3.10. The molecule has 1 aromatic rings. The second kappa shape index (κ2) is 12.5. The molecule has 1 aliphatic rings. The van der Waals surface area contributed by atoms with Crippen LogP contribution in [0, 0.1) is 0 Å². The molecule has 7 heteroatoms. The van der Waals surface area contributed by atoms with Gasteiger partial charge >= 0.3 is 0 Å². The molecule has 5 nitrogen and oxygen atoms in total. The van der Waals surface area contributed by atoms with Crippen molar-refractivity contribution in [3.05, 3.63) is 35.9 Å². The van der Waals surface area contributed by atoms with Gasteiger partial charge in [0.25, 0.3) is 0 Å². The largest absolute Gasteiger partial charge is 0.356 e. The lowest BCUT2D eigenvalue weighted by Crippen LogP contribution is -2.45. The second-order valence-electron chi connectivity index (χ2n) is 7.08. The van der Waals surface area contributed by atoms with Crippen molar-refractivity contribution in [2.75, 3.05) is 45.7 Å². The molecular weight excluding hydrogens is 471 g/mol. The summed E-state index contributed by atoms with van der Waals surface area (Å²) < 4.78 is 0. The molecule has 1 amide bonds. The Hall–Kier alpha value is -0.960. The summed E-state index contributed by atoms with van der Waals surface area (Å²) in [6.07, 6.45) is 7.01. The lowest BCUT2D eigenvalue weighted by atomic mass is 9.79. The van der Waals surface area contributed by atoms with Crippen LogP contribution in [-0.4, -0.2) is 62.5 Å². The second-order valence-corrected chi connectivity index (χ2v) is 8.07. The Morgan fingerprint density at radius 2 is 1.85 bits per heavy atom. The molecule has 0 aliphatic heterocycles. The van der Waals surface area contributed by atoms with Crippen LogP contribution in [0.4, 0.5) is 0 Å². The van der Waals surface area contributed by atoms with Gasteiger partial charge in [-0.2, -0.15) is 11.8 Å². The maximum Gasteiger partial charge on any atom is 0.243 e. The summed E-state index contributed by atoms with van der Waals surface area (Å²) >= 11 is 1.79. The van der Waals surface area contributed by atoms with E-state index in [1.165, 1.54) is 31.2 Å². The number of likely N-dealkylation sites (N-methyl/N-ethyl adjacent to an activating group) is 1. The molecule has 1 saturated carbocycles. The molecule has 0 saturated heterocycles. The summed E-state index contributed by atoms with van der Waals surface area (Å²) in [6.45, 7) is 1.85. The number of hydrogen-bond acceptors (Lipinski definition) is 3. The first-order valence-electron chi connectivity index (χ1n) is 9.34. The van der Waals surface area contributed by atoms with Gasteiger partial charge in [0, 0.05) is 38.4 Å². The molecule has 1 aliphatic carbocycles. The Morgan fingerprint density at radius 1 is 1.19 bits per heavy atom. The highest BCUT2D eigenvalue weighted by atomic mass is 127. The van der Waals surface area contributed by atoms with Crippen LogP contribution in [0.15, 0.2) is 35.3 Å². The van der Waals surface area contributed by atoms with E-state index in [2.05, 4.69) is 52.2 Å². The monoisotopic (exact) mass is 504 g/mol. The van der Waals surface area contributed by atoms with Crippen LogP contribution in [0.1, 0.15) is 31.2 Å². The summed E-state index contributed by atoms with van der Waals surface area (Å²) in [4.78, 5) is 18.0. The number of guanidine groups is 1. The number of carbonyl (C=O) groups excluding carboxylic acids is 1. The van der Waals surface area contributed by atoms with Gasteiger partial charge in [0.1, 0.15) is 6.54 Å². The van der Waals surface area contributed by atoms with E-state index in [0.29, 0.717) is 0 Å². The van der Waals surface area contributed by atoms with Gasteiger partial charge in [0.2, 0.25) is 5.91 Å². The van der Waals surface area contributed by atoms with Crippen LogP contribution in [0.2, 0.25) is 0 Å². The number of aliphatic imine (C=N–C) groups is 1. The number of nitrogens with zero attached hydrogens (tertiary/aromatic N) is 2. The molecule has 2 rings (SSSR count). The van der Waals surface area contributed by atoms with Gasteiger partial charge in [0.15, 0.2) is 5.96 Å². The highest BCUT2D eigenvalue weighted by Gasteiger charge is 2.35. The molecule has 1 aromatic carbocycles. The first-order valence-corrected chi connectivity index (χ1v) is 10.7. The van der Waals surface area contributed by atoms with E-state index in [9.17, 15) is 4.79 Å². The van der Waals surface area contributed by atoms with Crippen molar-refractivity contribution in [1.82, 2.24) is 15.5 Å². The molecule has 1 fully saturated rings. The minimum Gasteiger partial charge on any atom is -0.356 e. The summed E-state index contributed by atoms with van der Waals surface area (Å²) in [5.41, 5.74) is 1.56. The van der Waals surface area contributed by atoms with Gasteiger partial charge in [-0.15, -0.1) is 24.0 Å². The fraction of sp³-hybridized carbons (Fsp3) is 0.600. The van der Waals surface area contributed by atoms with E-state index >= 15 is 0 Å². The summed E-state index contributed by atoms with van der Waals surface area (Å²) in [5.74, 6) is 1.75. The van der Waals surface area contributed by atoms with Crippen molar-refractivity contribution in [2.45, 2.75) is 31.1 Å². The fourth-order valence-electron chi connectivity index (χ4n) is 3.40. The van der Waals surface area contributed by atoms with Crippen LogP contribution in [-0.2, 0) is 10.2 Å². The predicted molar refractivity (Wildman–Crippen MR) is 127 cm³/mol. The summed E-state index contributed by atoms with van der Waals surface area (Å²) in [5, 5.41) is 6.87. The zero-order chi connectivity index (χ0) is 18.8. The molecular formula is C20H33IN4OS.